The number of nitrogens with zero attached hydrogens (tertiary/aromatic N) is 3. The van der Waals surface area contributed by atoms with E-state index in [4.69, 9.17) is 4.74 Å². The fourth-order valence-corrected chi connectivity index (χ4v) is 3.77. The van der Waals surface area contributed by atoms with E-state index in [1.165, 1.54) is 6.20 Å². The summed E-state index contributed by atoms with van der Waals surface area (Å²) in [5.41, 5.74) is 0.430. The van der Waals surface area contributed by atoms with Crippen LogP contribution < -0.4 is 15.4 Å². The summed E-state index contributed by atoms with van der Waals surface area (Å²) in [6.45, 7) is 1.02. The monoisotopic (exact) mass is 527 g/mol. The molecule has 1 aromatic heterocycles. The Morgan fingerprint density at radius 1 is 1.48 bits per heavy atom. The first-order valence-electron chi connectivity index (χ1n) is 9.16. The molecule has 11 heteroatoms. The number of carbonyl (C=O) groups excluding carboxylic acids is 1. The Hall–Kier alpha value is -1.79. The van der Waals surface area contributed by atoms with Crippen molar-refractivity contribution >= 4 is 35.8 Å². The van der Waals surface area contributed by atoms with Crippen LogP contribution in [0.15, 0.2) is 23.3 Å². The van der Waals surface area contributed by atoms with Crippen LogP contribution in [0.3, 0.4) is 0 Å². The number of aromatic nitrogens is 1. The number of nitrogens with one attached hydrogen (secondary N) is 2. The lowest BCUT2D eigenvalue weighted by atomic mass is 9.79. The van der Waals surface area contributed by atoms with Crippen LogP contribution in [0.1, 0.15) is 24.8 Å². The van der Waals surface area contributed by atoms with Crippen molar-refractivity contribution in [2.45, 2.75) is 32.0 Å². The topological polar surface area (TPSA) is 78.9 Å². The molecule has 162 valence electrons. The number of amides is 1. The van der Waals surface area contributed by atoms with E-state index in [0.29, 0.717) is 31.0 Å². The molecule has 1 amide bonds. The summed E-state index contributed by atoms with van der Waals surface area (Å²) in [6, 6.07) is 3.31. The lowest BCUT2D eigenvalue weighted by molar-refractivity contribution is -0.154. The van der Waals surface area contributed by atoms with E-state index in [1.54, 1.807) is 19.2 Å². The van der Waals surface area contributed by atoms with E-state index in [1.807, 2.05) is 0 Å². The lowest BCUT2D eigenvalue weighted by Crippen LogP contribution is -2.51. The van der Waals surface area contributed by atoms with Crippen LogP contribution in [0.25, 0.3) is 0 Å². The summed E-state index contributed by atoms with van der Waals surface area (Å²) in [6.07, 6.45) is -0.589. The predicted molar refractivity (Wildman–Crippen MR) is 112 cm³/mol. The number of piperidine rings is 1. The summed E-state index contributed by atoms with van der Waals surface area (Å²) >= 11 is 0. The minimum atomic E-state index is -4.42. The smallest absolute Gasteiger partial charge is 0.422 e. The van der Waals surface area contributed by atoms with E-state index in [-0.39, 0.29) is 47.7 Å². The molecule has 3 heterocycles. The second kappa shape index (κ2) is 9.81. The van der Waals surface area contributed by atoms with Crippen LogP contribution in [0.4, 0.5) is 13.2 Å². The van der Waals surface area contributed by atoms with Gasteiger partial charge in [0.25, 0.3) is 0 Å². The Labute approximate surface area is 184 Å². The fraction of sp³-hybridized carbons (Fsp3) is 0.611. The molecule has 2 fully saturated rings. The van der Waals surface area contributed by atoms with E-state index in [9.17, 15) is 18.0 Å². The normalized spacial score (nSPS) is 22.3. The van der Waals surface area contributed by atoms with Crippen LogP contribution in [0, 0.1) is 5.41 Å². The Morgan fingerprint density at radius 3 is 2.93 bits per heavy atom. The zero-order chi connectivity index (χ0) is 20.2. The zero-order valence-electron chi connectivity index (χ0n) is 16.1. The number of hydrogen-bond acceptors (Lipinski definition) is 4. The maximum atomic E-state index is 12.4. The van der Waals surface area contributed by atoms with E-state index < -0.39 is 12.8 Å². The molecule has 1 spiro atoms. The Morgan fingerprint density at radius 2 is 2.28 bits per heavy atom. The number of carbonyl (C=O) groups is 1. The Kier molecular flexibility index (Phi) is 7.94. The highest BCUT2D eigenvalue weighted by atomic mass is 127. The average molecular weight is 527 g/mol. The highest BCUT2D eigenvalue weighted by Gasteiger charge is 2.42. The van der Waals surface area contributed by atoms with Gasteiger partial charge in [-0.05, 0) is 18.9 Å². The quantitative estimate of drug-likeness (QED) is 0.357. The molecule has 1 aromatic rings. The van der Waals surface area contributed by atoms with Crippen LogP contribution in [0.2, 0.25) is 0 Å². The number of likely N-dealkylation sites (tertiary alicyclic amines) is 1. The van der Waals surface area contributed by atoms with Crippen molar-refractivity contribution in [1.82, 2.24) is 20.5 Å². The maximum absolute atomic E-state index is 12.4. The van der Waals surface area contributed by atoms with Crippen molar-refractivity contribution in [3.05, 3.63) is 23.9 Å². The minimum absolute atomic E-state index is 0. The molecule has 0 aromatic carbocycles. The van der Waals surface area contributed by atoms with Gasteiger partial charge >= 0.3 is 6.18 Å². The molecule has 2 N–H and O–H groups in total. The van der Waals surface area contributed by atoms with Crippen LogP contribution in [-0.2, 0) is 11.3 Å². The molecule has 2 saturated heterocycles. The first-order valence-corrected chi connectivity index (χ1v) is 9.16. The second-order valence-corrected chi connectivity index (χ2v) is 7.25. The number of pyridine rings is 1. The van der Waals surface area contributed by atoms with Gasteiger partial charge in [-0.2, -0.15) is 13.2 Å². The highest BCUT2D eigenvalue weighted by Crippen LogP contribution is 2.36. The maximum Gasteiger partial charge on any atom is 0.422 e. The molecule has 7 nitrogen and oxygen atoms in total. The van der Waals surface area contributed by atoms with Crippen molar-refractivity contribution in [2.75, 3.05) is 33.3 Å². The van der Waals surface area contributed by atoms with Crippen molar-refractivity contribution in [3.63, 3.8) is 0 Å². The van der Waals surface area contributed by atoms with Crippen molar-refractivity contribution < 1.29 is 22.7 Å². The fourth-order valence-electron chi connectivity index (χ4n) is 3.77. The van der Waals surface area contributed by atoms with E-state index in [0.717, 1.165) is 19.4 Å². The van der Waals surface area contributed by atoms with Gasteiger partial charge in [0.05, 0.1) is 0 Å². The minimum Gasteiger partial charge on any atom is -0.468 e. The number of ether oxygens (including phenoxy) is 1. The van der Waals surface area contributed by atoms with Crippen molar-refractivity contribution in [1.29, 1.82) is 0 Å². The molecule has 2 aliphatic heterocycles. The molecule has 0 bridgehead atoms. The molecule has 0 saturated carbocycles. The summed E-state index contributed by atoms with van der Waals surface area (Å²) in [4.78, 5) is 22.0. The summed E-state index contributed by atoms with van der Waals surface area (Å²) in [5.74, 6) is 0.666. The molecule has 1 unspecified atom stereocenters. The highest BCUT2D eigenvalue weighted by molar-refractivity contribution is 14.0. The van der Waals surface area contributed by atoms with E-state index in [2.05, 4.69) is 25.5 Å². The van der Waals surface area contributed by atoms with Crippen LogP contribution in [-0.4, -0.2) is 61.2 Å². The van der Waals surface area contributed by atoms with Gasteiger partial charge in [-0.1, -0.05) is 6.07 Å². The largest absolute Gasteiger partial charge is 0.468 e. The lowest BCUT2D eigenvalue weighted by Gasteiger charge is -2.40. The van der Waals surface area contributed by atoms with Gasteiger partial charge in [0.1, 0.15) is 0 Å². The first-order chi connectivity index (χ1) is 13.3. The average Bonchev–Trinajstić information content (AvgIpc) is 3.00. The summed E-state index contributed by atoms with van der Waals surface area (Å²) in [7, 11) is 1.66. The number of halogens is 4. The van der Waals surface area contributed by atoms with Crippen LogP contribution in [0.5, 0.6) is 5.88 Å². The molecular formula is C18H25F3IN5O2. The standard InChI is InChI=1S/C18H24F3N5O2.HI/c1-22-16(26-7-3-5-17(11-26)8-14(27)25-10-17)24-9-13-4-2-6-23-15(13)28-12-18(19,20)21;/h2,4,6H,3,5,7-12H2,1H3,(H,22,24)(H,25,27);1H. The SMILES string of the molecule is CN=C(NCc1cccnc1OCC(F)(F)F)N1CCCC2(CNC(=O)C2)C1.I. The molecule has 1 atom stereocenters. The third-order valence-electron chi connectivity index (χ3n) is 5.03. The van der Waals surface area contributed by atoms with Gasteiger partial charge in [0.15, 0.2) is 12.6 Å². The molecule has 3 rings (SSSR count). The Balaban J connectivity index is 0.00000300. The predicted octanol–water partition coefficient (Wildman–Crippen LogP) is 2.32. The van der Waals surface area contributed by atoms with Crippen LogP contribution >= 0.6 is 24.0 Å². The number of alkyl halides is 3. The van der Waals surface area contributed by atoms with Gasteiger partial charge in [-0.15, -0.1) is 24.0 Å². The van der Waals surface area contributed by atoms with Crippen molar-refractivity contribution in [3.8, 4) is 5.88 Å². The number of guanidine groups is 1. The first kappa shape index (κ1) is 23.5. The summed E-state index contributed by atoms with van der Waals surface area (Å²) in [5, 5.41) is 6.09. The molecule has 0 radical (unpaired) electrons. The molecule has 29 heavy (non-hydrogen) atoms. The number of hydrogen-bond donors (Lipinski definition) is 2. The third kappa shape index (κ3) is 6.34. The van der Waals surface area contributed by atoms with Gasteiger partial charge < -0.3 is 20.3 Å². The van der Waals surface area contributed by atoms with E-state index >= 15 is 0 Å². The van der Waals surface area contributed by atoms with Gasteiger partial charge in [0.2, 0.25) is 11.8 Å². The van der Waals surface area contributed by atoms with Gasteiger partial charge in [0, 0.05) is 56.8 Å². The third-order valence-corrected chi connectivity index (χ3v) is 5.03. The molecular weight excluding hydrogens is 502 g/mol. The summed E-state index contributed by atoms with van der Waals surface area (Å²) < 4.78 is 42.1. The second-order valence-electron chi connectivity index (χ2n) is 7.25. The molecule has 2 aliphatic rings. The van der Waals surface area contributed by atoms with Gasteiger partial charge in [-0.25, -0.2) is 4.98 Å². The number of aliphatic imine (C=N–C) groups is 1. The zero-order valence-corrected chi connectivity index (χ0v) is 18.4. The van der Waals surface area contributed by atoms with Gasteiger partial charge in [-0.3, -0.25) is 9.79 Å². The van der Waals surface area contributed by atoms with Crippen molar-refractivity contribution in [2.24, 2.45) is 10.4 Å². The Bertz CT molecular complexity index is 746. The molecule has 0 aliphatic carbocycles. The number of rotatable bonds is 4.